The van der Waals surface area contributed by atoms with Gasteiger partial charge in [-0.1, -0.05) is 0 Å². The van der Waals surface area contributed by atoms with Gasteiger partial charge in [0.05, 0.1) is 0 Å². The van der Waals surface area contributed by atoms with Crippen LogP contribution in [-0.2, 0) is 6.54 Å². The zero-order chi connectivity index (χ0) is 13.7. The normalized spacial score (nSPS) is 24.6. The third kappa shape index (κ3) is 2.24. The highest BCUT2D eigenvalue weighted by Crippen LogP contribution is 2.65. The highest BCUT2D eigenvalue weighted by Gasteiger charge is 2.70. The van der Waals surface area contributed by atoms with Gasteiger partial charge in [-0.2, -0.15) is 0 Å². The predicted molar refractivity (Wildman–Crippen MR) is 62.9 cm³/mol. The summed E-state index contributed by atoms with van der Waals surface area (Å²) in [5, 5.41) is 0. The molecule has 0 amide bonds. The topological polar surface area (TPSA) is 3.24 Å². The van der Waals surface area contributed by atoms with Gasteiger partial charge in [-0.05, 0) is 44.1 Å². The van der Waals surface area contributed by atoms with Gasteiger partial charge in [0.25, 0.3) is 5.92 Å². The van der Waals surface area contributed by atoms with Crippen molar-refractivity contribution in [2.45, 2.75) is 31.7 Å². The zero-order valence-electron chi connectivity index (χ0n) is 10.4. The molecule has 19 heavy (non-hydrogen) atoms. The van der Waals surface area contributed by atoms with Crippen LogP contribution in [0.1, 0.15) is 24.8 Å². The van der Waals surface area contributed by atoms with E-state index in [2.05, 4.69) is 0 Å². The molecule has 1 nitrogen and oxygen atoms in total. The SMILES string of the molecule is Fc1ccc(F)c(CN2CCC3(CC2)CC3(F)F)c1. The van der Waals surface area contributed by atoms with E-state index in [1.54, 1.807) is 0 Å². The first-order valence-electron chi connectivity index (χ1n) is 6.46. The molecule has 0 aromatic heterocycles. The third-order valence-electron chi connectivity index (χ3n) is 4.43. The molecule has 0 unspecified atom stereocenters. The monoisotopic (exact) mass is 273 g/mol. The molecule has 0 bridgehead atoms. The molecule has 0 radical (unpaired) electrons. The molecule has 0 N–H and O–H groups in total. The Balaban J connectivity index is 1.62. The van der Waals surface area contributed by atoms with Crippen molar-refractivity contribution in [2.75, 3.05) is 13.1 Å². The van der Waals surface area contributed by atoms with Gasteiger partial charge in [-0.25, -0.2) is 17.6 Å². The Morgan fingerprint density at radius 2 is 1.74 bits per heavy atom. The van der Waals surface area contributed by atoms with E-state index >= 15 is 0 Å². The van der Waals surface area contributed by atoms with E-state index in [-0.39, 0.29) is 13.0 Å². The number of rotatable bonds is 2. The number of hydrogen-bond acceptors (Lipinski definition) is 1. The molecule has 0 atom stereocenters. The fraction of sp³-hybridized carbons (Fsp3) is 0.571. The van der Waals surface area contributed by atoms with Gasteiger partial charge < -0.3 is 0 Å². The largest absolute Gasteiger partial charge is 0.299 e. The van der Waals surface area contributed by atoms with Crippen LogP contribution in [0, 0.1) is 17.0 Å². The maximum atomic E-state index is 13.5. The van der Waals surface area contributed by atoms with Crippen molar-refractivity contribution in [3.8, 4) is 0 Å². The zero-order valence-corrected chi connectivity index (χ0v) is 10.4. The van der Waals surface area contributed by atoms with Crippen LogP contribution in [0.2, 0.25) is 0 Å². The van der Waals surface area contributed by atoms with Crippen LogP contribution in [0.3, 0.4) is 0 Å². The molecule has 2 fully saturated rings. The summed E-state index contributed by atoms with van der Waals surface area (Å²) in [6.45, 7) is 1.32. The molecule has 1 saturated heterocycles. The minimum Gasteiger partial charge on any atom is -0.299 e. The van der Waals surface area contributed by atoms with E-state index < -0.39 is 23.0 Å². The maximum Gasteiger partial charge on any atom is 0.254 e. The highest BCUT2D eigenvalue weighted by atomic mass is 19.3. The number of halogens is 4. The third-order valence-corrected chi connectivity index (χ3v) is 4.43. The molecule has 1 aliphatic heterocycles. The summed E-state index contributed by atoms with van der Waals surface area (Å²) in [7, 11) is 0. The fourth-order valence-electron chi connectivity index (χ4n) is 2.97. The van der Waals surface area contributed by atoms with Crippen molar-refractivity contribution in [1.82, 2.24) is 4.90 Å². The molecule has 3 rings (SSSR count). The Labute approximate surface area is 109 Å². The second-order valence-corrected chi connectivity index (χ2v) is 5.67. The van der Waals surface area contributed by atoms with Gasteiger partial charge in [-0.15, -0.1) is 0 Å². The van der Waals surface area contributed by atoms with Gasteiger partial charge in [0, 0.05) is 23.9 Å². The first-order chi connectivity index (χ1) is 8.92. The van der Waals surface area contributed by atoms with Gasteiger partial charge in [0.2, 0.25) is 0 Å². The quantitative estimate of drug-likeness (QED) is 0.744. The Morgan fingerprint density at radius 3 is 2.32 bits per heavy atom. The molecule has 1 aromatic rings. The van der Waals surface area contributed by atoms with Crippen LogP contribution in [0.25, 0.3) is 0 Å². The lowest BCUT2D eigenvalue weighted by Gasteiger charge is -2.32. The lowest BCUT2D eigenvalue weighted by molar-refractivity contribution is 0.0298. The molecule has 104 valence electrons. The van der Waals surface area contributed by atoms with Crippen LogP contribution in [0.5, 0.6) is 0 Å². The van der Waals surface area contributed by atoms with Crippen molar-refractivity contribution in [3.63, 3.8) is 0 Å². The number of likely N-dealkylation sites (tertiary alicyclic amines) is 1. The van der Waals surface area contributed by atoms with Gasteiger partial charge in [0.15, 0.2) is 0 Å². The van der Waals surface area contributed by atoms with E-state index in [4.69, 9.17) is 0 Å². The van der Waals surface area contributed by atoms with Crippen molar-refractivity contribution in [1.29, 1.82) is 0 Å². The number of piperidine rings is 1. The minimum absolute atomic E-state index is 0.0117. The highest BCUT2D eigenvalue weighted by molar-refractivity contribution is 5.19. The van der Waals surface area contributed by atoms with Crippen LogP contribution < -0.4 is 0 Å². The van der Waals surface area contributed by atoms with E-state index in [0.717, 1.165) is 12.1 Å². The Bertz CT molecular complexity index is 492. The molecule has 2 aliphatic rings. The lowest BCUT2D eigenvalue weighted by atomic mass is 9.92. The van der Waals surface area contributed by atoms with Gasteiger partial charge in [0.1, 0.15) is 11.6 Å². The summed E-state index contributed by atoms with van der Waals surface area (Å²) < 4.78 is 53.0. The van der Waals surface area contributed by atoms with Crippen molar-refractivity contribution >= 4 is 0 Å². The summed E-state index contributed by atoms with van der Waals surface area (Å²) in [6, 6.07) is 3.35. The molecule has 1 aromatic carbocycles. The van der Waals surface area contributed by atoms with Crippen molar-refractivity contribution in [3.05, 3.63) is 35.4 Å². The van der Waals surface area contributed by atoms with Crippen LogP contribution in [0.15, 0.2) is 18.2 Å². The van der Waals surface area contributed by atoms with E-state index in [0.29, 0.717) is 31.5 Å². The Hall–Kier alpha value is -1.10. The van der Waals surface area contributed by atoms with Crippen LogP contribution in [-0.4, -0.2) is 23.9 Å². The second-order valence-electron chi connectivity index (χ2n) is 5.67. The summed E-state index contributed by atoms with van der Waals surface area (Å²) in [4.78, 5) is 1.91. The smallest absolute Gasteiger partial charge is 0.254 e. The van der Waals surface area contributed by atoms with Gasteiger partial charge >= 0.3 is 0 Å². The van der Waals surface area contributed by atoms with E-state index in [1.807, 2.05) is 4.90 Å². The van der Waals surface area contributed by atoms with Gasteiger partial charge in [-0.3, -0.25) is 4.90 Å². The minimum atomic E-state index is -2.51. The molecular formula is C14H15F4N. The molecular weight excluding hydrogens is 258 g/mol. The molecule has 1 heterocycles. The first kappa shape index (κ1) is 12.9. The number of hydrogen-bond donors (Lipinski definition) is 0. The molecule has 5 heteroatoms. The summed E-state index contributed by atoms with van der Waals surface area (Å²) >= 11 is 0. The molecule has 1 saturated carbocycles. The Morgan fingerprint density at radius 1 is 1.11 bits per heavy atom. The van der Waals surface area contributed by atoms with Crippen LogP contribution >= 0.6 is 0 Å². The summed E-state index contributed by atoms with van der Waals surface area (Å²) in [6.07, 6.45) is 0.871. The maximum absolute atomic E-state index is 13.5. The predicted octanol–water partition coefficient (Wildman–Crippen LogP) is 3.59. The van der Waals surface area contributed by atoms with E-state index in [9.17, 15) is 17.6 Å². The molecule has 1 spiro atoms. The fourth-order valence-corrected chi connectivity index (χ4v) is 2.97. The second kappa shape index (κ2) is 4.20. The number of nitrogens with zero attached hydrogens (tertiary/aromatic N) is 1. The first-order valence-corrected chi connectivity index (χ1v) is 6.46. The van der Waals surface area contributed by atoms with E-state index in [1.165, 1.54) is 6.07 Å². The van der Waals surface area contributed by atoms with Crippen molar-refractivity contribution < 1.29 is 17.6 Å². The van der Waals surface area contributed by atoms with Crippen LogP contribution in [0.4, 0.5) is 17.6 Å². The van der Waals surface area contributed by atoms with Crippen molar-refractivity contribution in [2.24, 2.45) is 5.41 Å². The Kier molecular flexibility index (Phi) is 2.85. The lowest BCUT2D eigenvalue weighted by Crippen LogP contribution is -2.36. The number of benzene rings is 1. The summed E-state index contributed by atoms with van der Waals surface area (Å²) in [5.74, 6) is -3.43. The number of alkyl halides is 2. The standard InChI is InChI=1S/C14H15F4N/c15-11-1-2-12(16)10(7-11)8-19-5-3-13(4-6-19)9-14(13,17)18/h1-2,7H,3-6,8-9H2. The average Bonchev–Trinajstić information content (AvgIpc) is 2.88. The average molecular weight is 273 g/mol. The summed E-state index contributed by atoms with van der Waals surface area (Å²) in [5.41, 5.74) is -0.511. The molecule has 1 aliphatic carbocycles.